The van der Waals surface area contributed by atoms with E-state index in [1.165, 1.54) is 6.42 Å². The minimum Gasteiger partial charge on any atom is -0.456 e. The summed E-state index contributed by atoms with van der Waals surface area (Å²) in [5.41, 5.74) is 0.673. The third kappa shape index (κ3) is 7.55. The molecule has 0 spiro atoms. The molecule has 0 atom stereocenters. The maximum absolute atomic E-state index is 12.1. The van der Waals surface area contributed by atoms with Crippen LogP contribution in [0.2, 0.25) is 0 Å². The van der Waals surface area contributed by atoms with E-state index in [0.29, 0.717) is 5.69 Å². The molecule has 1 aliphatic rings. The number of esters is 1. The topological polar surface area (TPSA) is 87.7 Å². The Morgan fingerprint density at radius 3 is 2.31 bits per heavy atom. The van der Waals surface area contributed by atoms with E-state index in [2.05, 4.69) is 10.6 Å². The van der Waals surface area contributed by atoms with Crippen molar-refractivity contribution in [1.82, 2.24) is 10.2 Å². The fourth-order valence-electron chi connectivity index (χ4n) is 2.78. The highest BCUT2D eigenvalue weighted by atomic mass is 16.5. The SMILES string of the molecule is O=C(NCCC(=O)OCC(=O)N1CCCCCCC1)Nc1ccccc1. The highest BCUT2D eigenvalue weighted by Crippen LogP contribution is 2.10. The quantitative estimate of drug-likeness (QED) is 0.762. The van der Waals surface area contributed by atoms with E-state index in [1.807, 2.05) is 18.2 Å². The van der Waals surface area contributed by atoms with Crippen molar-refractivity contribution in [2.75, 3.05) is 31.6 Å². The average Bonchev–Trinajstić information content (AvgIpc) is 2.60. The normalized spacial score (nSPS) is 14.7. The largest absolute Gasteiger partial charge is 0.456 e. The third-order valence-electron chi connectivity index (χ3n) is 4.21. The summed E-state index contributed by atoms with van der Waals surface area (Å²) in [6.45, 7) is 1.39. The predicted molar refractivity (Wildman–Crippen MR) is 98.7 cm³/mol. The van der Waals surface area contributed by atoms with Crippen molar-refractivity contribution >= 4 is 23.6 Å². The highest BCUT2D eigenvalue weighted by molar-refractivity contribution is 5.89. The lowest BCUT2D eigenvalue weighted by Gasteiger charge is -2.24. The monoisotopic (exact) mass is 361 g/mol. The smallest absolute Gasteiger partial charge is 0.319 e. The maximum Gasteiger partial charge on any atom is 0.319 e. The molecule has 1 aromatic carbocycles. The van der Waals surface area contributed by atoms with Crippen molar-refractivity contribution in [3.8, 4) is 0 Å². The summed E-state index contributed by atoms with van der Waals surface area (Å²) in [5.74, 6) is -0.638. The zero-order valence-corrected chi connectivity index (χ0v) is 15.0. The van der Waals surface area contributed by atoms with Gasteiger partial charge in [-0.15, -0.1) is 0 Å². The van der Waals surface area contributed by atoms with E-state index in [1.54, 1.807) is 17.0 Å². The van der Waals surface area contributed by atoms with Crippen LogP contribution >= 0.6 is 0 Å². The summed E-state index contributed by atoms with van der Waals surface area (Å²) in [7, 11) is 0. The Morgan fingerprint density at radius 2 is 1.62 bits per heavy atom. The van der Waals surface area contributed by atoms with E-state index in [9.17, 15) is 14.4 Å². The number of urea groups is 1. The first kappa shape index (κ1) is 19.8. The summed E-state index contributed by atoms with van der Waals surface area (Å²) < 4.78 is 5.03. The number of hydrogen-bond donors (Lipinski definition) is 2. The standard InChI is InChI=1S/C19H27N3O4/c23-17(22-13-7-2-1-3-8-14-22)15-26-18(24)11-12-20-19(25)21-16-9-5-4-6-10-16/h4-6,9-10H,1-3,7-8,11-15H2,(H2,20,21,25). The van der Waals surface area contributed by atoms with Gasteiger partial charge in [-0.05, 0) is 25.0 Å². The number of nitrogens with one attached hydrogen (secondary N) is 2. The zero-order chi connectivity index (χ0) is 18.6. The molecule has 26 heavy (non-hydrogen) atoms. The molecule has 0 unspecified atom stereocenters. The van der Waals surface area contributed by atoms with Crippen LogP contribution in [0, 0.1) is 0 Å². The van der Waals surface area contributed by atoms with E-state index in [0.717, 1.165) is 38.8 Å². The highest BCUT2D eigenvalue weighted by Gasteiger charge is 2.16. The molecule has 0 saturated carbocycles. The van der Waals surface area contributed by atoms with Crippen molar-refractivity contribution in [3.05, 3.63) is 30.3 Å². The third-order valence-corrected chi connectivity index (χ3v) is 4.21. The van der Waals surface area contributed by atoms with Crippen molar-refractivity contribution in [2.24, 2.45) is 0 Å². The molecule has 1 fully saturated rings. The number of nitrogens with zero attached hydrogens (tertiary/aromatic N) is 1. The van der Waals surface area contributed by atoms with Gasteiger partial charge in [0.2, 0.25) is 0 Å². The molecule has 0 aromatic heterocycles. The van der Waals surface area contributed by atoms with Gasteiger partial charge in [0, 0.05) is 25.3 Å². The molecule has 0 radical (unpaired) electrons. The van der Waals surface area contributed by atoms with Crippen molar-refractivity contribution in [3.63, 3.8) is 0 Å². The lowest BCUT2D eigenvalue weighted by molar-refractivity contribution is -0.152. The van der Waals surface area contributed by atoms with Crippen LogP contribution in [0.1, 0.15) is 38.5 Å². The number of anilines is 1. The van der Waals surface area contributed by atoms with E-state index in [4.69, 9.17) is 4.74 Å². The van der Waals surface area contributed by atoms with E-state index >= 15 is 0 Å². The van der Waals surface area contributed by atoms with Gasteiger partial charge in [0.15, 0.2) is 6.61 Å². The molecule has 1 aliphatic heterocycles. The van der Waals surface area contributed by atoms with Gasteiger partial charge in [-0.2, -0.15) is 0 Å². The Labute approximate surface area is 154 Å². The minimum atomic E-state index is -0.495. The number of benzene rings is 1. The van der Waals surface area contributed by atoms with Crippen LogP contribution in [0.4, 0.5) is 10.5 Å². The Kier molecular flexibility index (Phi) is 8.45. The van der Waals surface area contributed by atoms with Crippen molar-refractivity contribution in [2.45, 2.75) is 38.5 Å². The lowest BCUT2D eigenvalue weighted by Crippen LogP contribution is -2.37. The molecule has 1 aromatic rings. The van der Waals surface area contributed by atoms with E-state index in [-0.39, 0.29) is 31.5 Å². The van der Waals surface area contributed by atoms with Crippen LogP contribution in [-0.2, 0) is 14.3 Å². The Balaban J connectivity index is 1.59. The summed E-state index contributed by atoms with van der Waals surface area (Å²) in [4.78, 5) is 37.3. The van der Waals surface area contributed by atoms with Gasteiger partial charge in [-0.25, -0.2) is 4.79 Å². The van der Waals surface area contributed by atoms with Gasteiger partial charge in [0.1, 0.15) is 0 Å². The van der Waals surface area contributed by atoms with Crippen LogP contribution in [-0.4, -0.2) is 49.0 Å². The number of ether oxygens (including phenoxy) is 1. The second-order valence-corrected chi connectivity index (χ2v) is 6.31. The fraction of sp³-hybridized carbons (Fsp3) is 0.526. The molecule has 3 amide bonds. The van der Waals surface area contributed by atoms with Crippen LogP contribution in [0.25, 0.3) is 0 Å². The number of hydrogen-bond acceptors (Lipinski definition) is 4. The average molecular weight is 361 g/mol. The second kappa shape index (κ2) is 11.1. The molecule has 7 nitrogen and oxygen atoms in total. The molecule has 0 bridgehead atoms. The molecule has 1 saturated heterocycles. The van der Waals surface area contributed by atoms with Gasteiger partial charge < -0.3 is 20.3 Å². The second-order valence-electron chi connectivity index (χ2n) is 6.31. The molecule has 1 heterocycles. The Bertz CT molecular complexity index is 584. The van der Waals surface area contributed by atoms with Gasteiger partial charge in [0.05, 0.1) is 6.42 Å². The first-order valence-electron chi connectivity index (χ1n) is 9.18. The maximum atomic E-state index is 12.1. The predicted octanol–water partition coefficient (Wildman–Crippen LogP) is 2.53. The summed E-state index contributed by atoms with van der Waals surface area (Å²) in [5, 5.41) is 5.24. The summed E-state index contributed by atoms with van der Waals surface area (Å²) in [6, 6.07) is 8.63. The van der Waals surface area contributed by atoms with Crippen LogP contribution in [0.15, 0.2) is 30.3 Å². The lowest BCUT2D eigenvalue weighted by atomic mass is 10.1. The van der Waals surface area contributed by atoms with Gasteiger partial charge in [-0.3, -0.25) is 9.59 Å². The van der Waals surface area contributed by atoms with Crippen LogP contribution in [0.5, 0.6) is 0 Å². The molecular weight excluding hydrogens is 334 g/mol. The van der Waals surface area contributed by atoms with Crippen LogP contribution < -0.4 is 10.6 Å². The molecule has 142 valence electrons. The molecular formula is C19H27N3O4. The first-order valence-corrected chi connectivity index (χ1v) is 9.18. The van der Waals surface area contributed by atoms with Gasteiger partial charge >= 0.3 is 12.0 Å². The number of carbonyl (C=O) groups is 3. The summed E-state index contributed by atoms with van der Waals surface area (Å²) >= 11 is 0. The molecule has 2 rings (SSSR count). The minimum absolute atomic E-state index is 0.0233. The van der Waals surface area contributed by atoms with Gasteiger partial charge in [-0.1, -0.05) is 37.5 Å². The number of carbonyl (C=O) groups excluding carboxylic acids is 3. The molecule has 2 N–H and O–H groups in total. The molecule has 7 heteroatoms. The number of amides is 3. The van der Waals surface area contributed by atoms with E-state index < -0.39 is 5.97 Å². The van der Waals surface area contributed by atoms with Crippen molar-refractivity contribution < 1.29 is 19.1 Å². The zero-order valence-electron chi connectivity index (χ0n) is 15.0. The first-order chi connectivity index (χ1) is 12.6. The fourth-order valence-corrected chi connectivity index (χ4v) is 2.78. The number of rotatable bonds is 6. The van der Waals surface area contributed by atoms with Crippen molar-refractivity contribution in [1.29, 1.82) is 0 Å². The Morgan fingerprint density at radius 1 is 0.962 bits per heavy atom. The van der Waals surface area contributed by atoms with Gasteiger partial charge in [0.25, 0.3) is 5.91 Å². The number of likely N-dealkylation sites (tertiary alicyclic amines) is 1. The van der Waals surface area contributed by atoms with Crippen LogP contribution in [0.3, 0.4) is 0 Å². The Hall–Kier alpha value is -2.57. The summed E-state index contributed by atoms with van der Waals surface area (Å²) in [6.07, 6.45) is 5.53. The molecule has 0 aliphatic carbocycles. The number of para-hydroxylation sites is 1.